The predicted molar refractivity (Wildman–Crippen MR) is 156 cm³/mol. The van der Waals surface area contributed by atoms with Crippen LogP contribution < -0.4 is 10.5 Å². The summed E-state index contributed by atoms with van der Waals surface area (Å²) in [4.78, 5) is 55.5. The third-order valence-corrected chi connectivity index (χ3v) is 7.33. The Bertz CT molecular complexity index is 1410. The average Bonchev–Trinajstić information content (AvgIpc) is 2.97. The van der Waals surface area contributed by atoms with Gasteiger partial charge in [-0.05, 0) is 42.8 Å². The molecule has 4 rings (SSSR count). The van der Waals surface area contributed by atoms with Crippen LogP contribution in [-0.4, -0.2) is 77.5 Å². The highest BCUT2D eigenvalue weighted by Gasteiger charge is 2.19. The molecule has 0 saturated carbocycles. The minimum atomic E-state index is -0.351. The molecule has 2 heterocycles. The van der Waals surface area contributed by atoms with Gasteiger partial charge in [0, 0.05) is 58.4 Å². The summed E-state index contributed by atoms with van der Waals surface area (Å²) >= 11 is 11.7. The molecule has 0 bridgehead atoms. The lowest BCUT2D eigenvalue weighted by Gasteiger charge is -2.35. The monoisotopic (exact) mass is 589 g/mol. The second kappa shape index (κ2) is 14.7. The van der Waals surface area contributed by atoms with Gasteiger partial charge >= 0.3 is 5.97 Å². The SMILES string of the molecule is CCn1cnc2ccc(N3CCN(C(C)=O)CC3)cc2c1=O.COC(=O)CCN(C=O)Cc1ccc(Cl)c(Cl)c1. The van der Waals surface area contributed by atoms with Crippen molar-refractivity contribution in [1.29, 1.82) is 0 Å². The molecule has 1 aliphatic heterocycles. The number of esters is 1. The minimum absolute atomic E-state index is 0.00304. The number of piperazine rings is 1. The first kappa shape index (κ1) is 30.9. The average molecular weight is 591 g/mol. The van der Waals surface area contributed by atoms with Crippen LogP contribution in [0.5, 0.6) is 0 Å². The fourth-order valence-electron chi connectivity index (χ4n) is 4.23. The second-order valence-corrected chi connectivity index (χ2v) is 10.00. The summed E-state index contributed by atoms with van der Waals surface area (Å²) < 4.78 is 6.12. The van der Waals surface area contributed by atoms with E-state index in [2.05, 4.69) is 14.6 Å². The van der Waals surface area contributed by atoms with Gasteiger partial charge < -0.3 is 19.4 Å². The number of ether oxygens (including phenoxy) is 1. The summed E-state index contributed by atoms with van der Waals surface area (Å²) in [6.07, 6.45) is 2.44. The van der Waals surface area contributed by atoms with E-state index in [0.29, 0.717) is 41.5 Å². The summed E-state index contributed by atoms with van der Waals surface area (Å²) in [6, 6.07) is 10.9. The quantitative estimate of drug-likeness (QED) is 0.292. The molecule has 0 atom stereocenters. The summed E-state index contributed by atoms with van der Waals surface area (Å²) in [5, 5.41) is 1.55. The number of amides is 2. The molecule has 0 aliphatic carbocycles. The highest BCUT2D eigenvalue weighted by molar-refractivity contribution is 6.42. The number of hydrogen-bond acceptors (Lipinski definition) is 7. The highest BCUT2D eigenvalue weighted by Crippen LogP contribution is 2.23. The lowest BCUT2D eigenvalue weighted by Crippen LogP contribution is -2.48. The van der Waals surface area contributed by atoms with Gasteiger partial charge in [0.25, 0.3) is 5.56 Å². The van der Waals surface area contributed by atoms with E-state index in [1.807, 2.05) is 30.0 Å². The third kappa shape index (κ3) is 8.19. The molecular weight excluding hydrogens is 557 g/mol. The molecule has 0 spiro atoms. The number of carbonyl (C=O) groups is 3. The summed E-state index contributed by atoms with van der Waals surface area (Å²) in [5.41, 5.74) is 2.59. The molecule has 0 unspecified atom stereocenters. The maximum atomic E-state index is 12.4. The van der Waals surface area contributed by atoms with Crippen LogP contribution in [0.3, 0.4) is 0 Å². The van der Waals surface area contributed by atoms with Crippen LogP contribution >= 0.6 is 23.2 Å². The van der Waals surface area contributed by atoms with E-state index in [-0.39, 0.29) is 23.9 Å². The van der Waals surface area contributed by atoms with Crippen molar-refractivity contribution in [2.45, 2.75) is 33.4 Å². The zero-order valence-corrected chi connectivity index (χ0v) is 24.3. The van der Waals surface area contributed by atoms with E-state index in [1.165, 1.54) is 12.0 Å². The van der Waals surface area contributed by atoms with E-state index in [4.69, 9.17) is 23.2 Å². The number of rotatable bonds is 8. The first-order valence-electron chi connectivity index (χ1n) is 12.9. The van der Waals surface area contributed by atoms with Crippen LogP contribution in [0, 0.1) is 0 Å². The van der Waals surface area contributed by atoms with Gasteiger partial charge in [-0.15, -0.1) is 0 Å². The Morgan fingerprint density at radius 1 is 1.07 bits per heavy atom. The van der Waals surface area contributed by atoms with Crippen molar-refractivity contribution in [2.24, 2.45) is 0 Å². The second-order valence-electron chi connectivity index (χ2n) is 9.18. The zero-order valence-electron chi connectivity index (χ0n) is 22.8. The van der Waals surface area contributed by atoms with E-state index in [0.717, 1.165) is 42.9 Å². The van der Waals surface area contributed by atoms with Gasteiger partial charge in [-0.2, -0.15) is 0 Å². The lowest BCUT2D eigenvalue weighted by atomic mass is 10.2. The van der Waals surface area contributed by atoms with E-state index >= 15 is 0 Å². The Morgan fingerprint density at radius 2 is 1.80 bits per heavy atom. The maximum absolute atomic E-state index is 12.4. The lowest BCUT2D eigenvalue weighted by molar-refractivity contribution is -0.141. The molecule has 2 amide bonds. The molecule has 1 fully saturated rings. The number of aromatic nitrogens is 2. The molecule has 12 heteroatoms. The number of methoxy groups -OCH3 is 1. The van der Waals surface area contributed by atoms with Crippen LogP contribution in [0.25, 0.3) is 10.9 Å². The first-order valence-corrected chi connectivity index (χ1v) is 13.6. The van der Waals surface area contributed by atoms with Crippen molar-refractivity contribution in [3.8, 4) is 0 Å². The number of fused-ring (bicyclic) bond motifs is 1. The van der Waals surface area contributed by atoms with Crippen LogP contribution in [0.4, 0.5) is 5.69 Å². The molecule has 1 saturated heterocycles. The predicted octanol–water partition coefficient (Wildman–Crippen LogP) is 3.60. The maximum Gasteiger partial charge on any atom is 0.307 e. The molecule has 3 aromatic rings. The number of aryl methyl sites for hydroxylation is 1. The Morgan fingerprint density at radius 3 is 2.40 bits per heavy atom. The number of anilines is 1. The number of hydrogen-bond donors (Lipinski definition) is 0. The molecule has 0 N–H and O–H groups in total. The standard InChI is InChI=1S/C16H20N4O2.C12H13Cl2NO3/c1-3-18-11-17-15-5-4-13(10-14(15)16(18)22)20-8-6-19(7-9-20)12(2)21;1-18-12(17)4-5-15(8-16)7-9-2-3-10(13)11(14)6-9/h4-5,10-11H,3,6-9H2,1-2H3;2-3,6,8H,4-5,7H2,1H3. The number of benzene rings is 2. The van der Waals surface area contributed by atoms with Crippen LogP contribution in [0.2, 0.25) is 10.0 Å². The Labute approximate surface area is 243 Å². The Hall–Kier alpha value is -3.63. The van der Waals surface area contributed by atoms with Crippen LogP contribution in [-0.2, 0) is 32.2 Å². The fraction of sp³-hybridized carbons (Fsp3) is 0.393. The van der Waals surface area contributed by atoms with Gasteiger partial charge in [0.15, 0.2) is 0 Å². The summed E-state index contributed by atoms with van der Waals surface area (Å²) in [7, 11) is 1.31. The molecular formula is C28H33Cl2N5O5. The minimum Gasteiger partial charge on any atom is -0.469 e. The van der Waals surface area contributed by atoms with Gasteiger partial charge in [-0.1, -0.05) is 29.3 Å². The number of carbonyl (C=O) groups excluding carboxylic acids is 3. The van der Waals surface area contributed by atoms with Gasteiger partial charge in [0.05, 0.1) is 40.8 Å². The Kier molecular flexibility index (Phi) is 11.3. The van der Waals surface area contributed by atoms with Crippen molar-refractivity contribution in [2.75, 3.05) is 44.7 Å². The zero-order chi connectivity index (χ0) is 29.2. The number of nitrogens with zero attached hydrogens (tertiary/aromatic N) is 5. The van der Waals surface area contributed by atoms with E-state index in [9.17, 15) is 19.2 Å². The highest BCUT2D eigenvalue weighted by atomic mass is 35.5. The van der Waals surface area contributed by atoms with Gasteiger partial charge in [-0.3, -0.25) is 23.7 Å². The van der Waals surface area contributed by atoms with Crippen LogP contribution in [0.1, 0.15) is 25.8 Å². The smallest absolute Gasteiger partial charge is 0.307 e. The van der Waals surface area contributed by atoms with Crippen molar-refractivity contribution in [3.05, 3.63) is 68.7 Å². The molecule has 0 radical (unpaired) electrons. The molecule has 1 aromatic heterocycles. The normalized spacial score (nSPS) is 12.9. The molecule has 40 heavy (non-hydrogen) atoms. The number of halogens is 2. The topological polar surface area (TPSA) is 105 Å². The summed E-state index contributed by atoms with van der Waals surface area (Å²) in [5.74, 6) is -0.232. The Balaban J connectivity index is 0.000000226. The van der Waals surface area contributed by atoms with Crippen molar-refractivity contribution in [1.82, 2.24) is 19.4 Å². The first-order chi connectivity index (χ1) is 19.2. The van der Waals surface area contributed by atoms with E-state index < -0.39 is 0 Å². The fourth-order valence-corrected chi connectivity index (χ4v) is 4.55. The molecule has 214 valence electrons. The largest absolute Gasteiger partial charge is 0.469 e. The van der Waals surface area contributed by atoms with Crippen LogP contribution in [0.15, 0.2) is 47.5 Å². The van der Waals surface area contributed by atoms with Gasteiger partial charge in [0.2, 0.25) is 12.3 Å². The molecule has 10 nitrogen and oxygen atoms in total. The van der Waals surface area contributed by atoms with Gasteiger partial charge in [-0.25, -0.2) is 4.98 Å². The van der Waals surface area contributed by atoms with Crippen molar-refractivity contribution in [3.63, 3.8) is 0 Å². The summed E-state index contributed by atoms with van der Waals surface area (Å²) in [6.45, 7) is 7.83. The third-order valence-electron chi connectivity index (χ3n) is 6.59. The van der Waals surface area contributed by atoms with Gasteiger partial charge in [0.1, 0.15) is 0 Å². The molecule has 2 aromatic carbocycles. The van der Waals surface area contributed by atoms with Crippen molar-refractivity contribution < 1.29 is 19.1 Å². The van der Waals surface area contributed by atoms with Crippen molar-refractivity contribution >= 4 is 58.1 Å². The molecule has 1 aliphatic rings. The van der Waals surface area contributed by atoms with E-state index in [1.54, 1.807) is 36.0 Å².